The highest BCUT2D eigenvalue weighted by molar-refractivity contribution is 6.01. The smallest absolute Gasteiger partial charge is 0.339 e. The van der Waals surface area contributed by atoms with Crippen LogP contribution < -0.4 is 0 Å². The first kappa shape index (κ1) is 29.2. The molecule has 1 N–H and O–H groups in total. The summed E-state index contributed by atoms with van der Waals surface area (Å²) in [6, 6.07) is 8.56. The van der Waals surface area contributed by atoms with Gasteiger partial charge in [0.1, 0.15) is 0 Å². The zero-order valence-corrected chi connectivity index (χ0v) is 24.2. The van der Waals surface area contributed by atoms with E-state index in [1.54, 1.807) is 42.5 Å². The fraction of sp³-hybridized carbons (Fsp3) is 0.529. The van der Waals surface area contributed by atoms with E-state index in [0.29, 0.717) is 31.2 Å². The third-order valence-electron chi connectivity index (χ3n) is 10.1. The molecule has 1 fully saturated rings. The van der Waals surface area contributed by atoms with Crippen LogP contribution in [0.2, 0.25) is 0 Å². The van der Waals surface area contributed by atoms with Crippen molar-refractivity contribution in [3.63, 3.8) is 0 Å². The van der Waals surface area contributed by atoms with E-state index in [-0.39, 0.29) is 31.0 Å². The molecule has 7 nitrogen and oxygen atoms in total. The lowest BCUT2D eigenvalue weighted by molar-refractivity contribution is -0.165. The molecule has 4 aliphatic carbocycles. The summed E-state index contributed by atoms with van der Waals surface area (Å²) in [7, 11) is 0. The Hall–Kier alpha value is -3.32. The van der Waals surface area contributed by atoms with Gasteiger partial charge in [0, 0.05) is 17.3 Å². The fourth-order valence-electron chi connectivity index (χ4n) is 7.91. The lowest BCUT2D eigenvalue weighted by Crippen LogP contribution is -2.59. The maximum Gasteiger partial charge on any atom is 0.339 e. The zero-order valence-electron chi connectivity index (χ0n) is 24.2. The Balaban J connectivity index is 1.51. The predicted molar refractivity (Wildman–Crippen MR) is 153 cm³/mol. The zero-order chi connectivity index (χ0) is 29.4. The van der Waals surface area contributed by atoms with E-state index in [1.807, 2.05) is 26.8 Å². The molecule has 5 atom stereocenters. The quantitative estimate of drug-likeness (QED) is 0.237. The van der Waals surface area contributed by atoms with Crippen LogP contribution >= 0.6 is 0 Å². The fourth-order valence-corrected chi connectivity index (χ4v) is 7.91. The van der Waals surface area contributed by atoms with Gasteiger partial charge in [0.2, 0.25) is 5.78 Å². The van der Waals surface area contributed by atoms with Crippen LogP contribution in [0.1, 0.15) is 88.9 Å². The van der Waals surface area contributed by atoms with Gasteiger partial charge >= 0.3 is 11.9 Å². The van der Waals surface area contributed by atoms with Gasteiger partial charge in [-0.1, -0.05) is 62.1 Å². The number of rotatable bonds is 9. The number of benzene rings is 1. The number of carbonyl (C=O) groups is 4. The minimum Gasteiger partial charge on any atom is -0.457 e. The molecule has 0 spiro atoms. The van der Waals surface area contributed by atoms with E-state index in [9.17, 15) is 24.3 Å². The average Bonchev–Trinajstić information content (AvgIpc) is 3.24. The number of aliphatic hydroxyl groups is 1. The number of Topliss-reactive ketones (excluding diaryl/α,β-unsaturated/α-hetero) is 1. The van der Waals surface area contributed by atoms with Crippen molar-refractivity contribution in [3.8, 4) is 0 Å². The van der Waals surface area contributed by atoms with Gasteiger partial charge in [0.05, 0.1) is 11.7 Å². The van der Waals surface area contributed by atoms with E-state index < -0.39 is 46.9 Å². The average molecular weight is 561 g/mol. The molecule has 0 saturated heterocycles. The summed E-state index contributed by atoms with van der Waals surface area (Å²) in [6.07, 6.45) is 9.47. The molecular formula is C34H40O7. The number of ether oxygens (including phenoxy) is 2. The number of carbonyl (C=O) groups excluding carboxylic acids is 4. The Kier molecular flexibility index (Phi) is 7.94. The molecule has 7 heteroatoms. The second kappa shape index (κ2) is 11.2. The van der Waals surface area contributed by atoms with Gasteiger partial charge in [-0.2, -0.15) is 0 Å². The lowest BCUT2D eigenvalue weighted by atomic mass is 9.52. The van der Waals surface area contributed by atoms with Crippen LogP contribution in [0.15, 0.2) is 65.3 Å². The summed E-state index contributed by atoms with van der Waals surface area (Å²) in [5, 5.41) is 11.7. The number of hydrogen-bond acceptors (Lipinski definition) is 7. The first-order valence-electron chi connectivity index (χ1n) is 14.9. The van der Waals surface area contributed by atoms with Crippen molar-refractivity contribution in [1.82, 2.24) is 0 Å². The molecule has 1 aromatic rings. The van der Waals surface area contributed by atoms with Crippen LogP contribution in [-0.2, 0) is 23.9 Å². The highest BCUT2D eigenvalue weighted by Crippen LogP contribution is 2.65. The molecule has 0 heterocycles. The molecule has 1 unspecified atom stereocenters. The van der Waals surface area contributed by atoms with Crippen molar-refractivity contribution in [3.05, 3.63) is 70.8 Å². The highest BCUT2D eigenvalue weighted by Gasteiger charge is 2.67. The van der Waals surface area contributed by atoms with Crippen molar-refractivity contribution in [2.45, 2.75) is 90.3 Å². The molecular weight excluding hydrogens is 520 g/mol. The maximum atomic E-state index is 14.1. The molecule has 218 valence electrons. The summed E-state index contributed by atoms with van der Waals surface area (Å²) >= 11 is 0. The largest absolute Gasteiger partial charge is 0.457 e. The van der Waals surface area contributed by atoms with Gasteiger partial charge in [0.15, 0.2) is 18.0 Å². The minimum atomic E-state index is -1.57. The monoisotopic (exact) mass is 560 g/mol. The molecule has 1 saturated carbocycles. The van der Waals surface area contributed by atoms with Gasteiger partial charge in [-0.3, -0.25) is 14.4 Å². The van der Waals surface area contributed by atoms with Gasteiger partial charge < -0.3 is 14.6 Å². The van der Waals surface area contributed by atoms with Crippen LogP contribution in [0.5, 0.6) is 0 Å². The third kappa shape index (κ3) is 4.92. The Morgan fingerprint density at radius 3 is 2.56 bits per heavy atom. The third-order valence-corrected chi connectivity index (χ3v) is 10.1. The van der Waals surface area contributed by atoms with Crippen molar-refractivity contribution in [2.24, 2.45) is 16.7 Å². The van der Waals surface area contributed by atoms with Crippen LogP contribution in [0.4, 0.5) is 0 Å². The summed E-state index contributed by atoms with van der Waals surface area (Å²) in [4.78, 5) is 52.1. The maximum absolute atomic E-state index is 14.1. The molecule has 0 amide bonds. The van der Waals surface area contributed by atoms with Gasteiger partial charge in [-0.25, -0.2) is 4.79 Å². The van der Waals surface area contributed by atoms with Gasteiger partial charge in [-0.05, 0) is 81.2 Å². The van der Waals surface area contributed by atoms with Gasteiger partial charge in [-0.15, -0.1) is 0 Å². The first-order chi connectivity index (χ1) is 19.6. The van der Waals surface area contributed by atoms with E-state index in [0.717, 1.165) is 29.6 Å². The summed E-state index contributed by atoms with van der Waals surface area (Å²) in [5.74, 6) is -1.66. The summed E-state index contributed by atoms with van der Waals surface area (Å²) < 4.78 is 11.7. The molecule has 41 heavy (non-hydrogen) atoms. The van der Waals surface area contributed by atoms with Crippen LogP contribution in [0.3, 0.4) is 0 Å². The van der Waals surface area contributed by atoms with E-state index >= 15 is 0 Å². The standard InChI is InChI=1S/C34H40O7/c1-4-5-7-12-29(38)40-21-28(37)34(41-31(39)22-10-8-6-9-11-22)18-16-26-25-14-13-23-19-24(35)15-17-32(23,2)30(25)27(36)20-33(26,34)3/h6,8-11,15,17,19,26-27,36H,4-5,7,12-14,16,18,20-21H2,1-3H3/t26-,27?,32-,33-,34-/m0/s1. The van der Waals surface area contributed by atoms with Crippen molar-refractivity contribution >= 4 is 23.5 Å². The van der Waals surface area contributed by atoms with Gasteiger partial charge in [0.25, 0.3) is 0 Å². The topological polar surface area (TPSA) is 107 Å². The number of aliphatic hydroxyl groups excluding tert-OH is 1. The molecule has 0 bridgehead atoms. The second-order valence-electron chi connectivity index (χ2n) is 12.4. The molecule has 0 aliphatic heterocycles. The number of esters is 2. The number of unbranched alkanes of at least 4 members (excludes halogenated alkanes) is 2. The summed E-state index contributed by atoms with van der Waals surface area (Å²) in [6.45, 7) is 5.55. The van der Waals surface area contributed by atoms with E-state index in [1.165, 1.54) is 0 Å². The molecule has 0 aromatic heterocycles. The Morgan fingerprint density at radius 1 is 1.07 bits per heavy atom. The van der Waals surface area contributed by atoms with Crippen molar-refractivity contribution in [1.29, 1.82) is 0 Å². The Labute approximate surface area is 241 Å². The molecule has 5 rings (SSSR count). The number of hydrogen-bond donors (Lipinski definition) is 1. The SMILES string of the molecule is CCCCCC(=O)OCC(=O)[C@@]1(OC(=O)c2ccccc2)CC[C@H]2C3=C(C(O)C[C@@]21C)[C@@]1(C)C=CC(=O)C=C1CC3. The Bertz CT molecular complexity index is 1340. The number of ketones is 2. The predicted octanol–water partition coefficient (Wildman–Crippen LogP) is 5.62. The van der Waals surface area contributed by atoms with Crippen LogP contribution in [0, 0.1) is 16.7 Å². The number of allylic oxidation sites excluding steroid dienone is 5. The summed E-state index contributed by atoms with van der Waals surface area (Å²) in [5.41, 5.74) is 0.282. The lowest BCUT2D eigenvalue weighted by Gasteiger charge is -2.53. The van der Waals surface area contributed by atoms with Crippen LogP contribution in [0.25, 0.3) is 0 Å². The van der Waals surface area contributed by atoms with E-state index in [2.05, 4.69) is 0 Å². The second-order valence-corrected chi connectivity index (χ2v) is 12.4. The normalized spacial score (nSPS) is 32.0. The molecule has 1 aromatic carbocycles. The molecule has 4 aliphatic rings. The first-order valence-corrected chi connectivity index (χ1v) is 14.9. The molecule has 0 radical (unpaired) electrons. The Morgan fingerprint density at radius 2 is 1.83 bits per heavy atom. The number of fused-ring (bicyclic) bond motifs is 4. The van der Waals surface area contributed by atoms with Crippen molar-refractivity contribution in [2.75, 3.05) is 6.61 Å². The minimum absolute atomic E-state index is 0.0424. The highest BCUT2D eigenvalue weighted by atomic mass is 16.6. The van der Waals surface area contributed by atoms with Crippen molar-refractivity contribution < 1.29 is 33.8 Å². The van der Waals surface area contributed by atoms with Crippen LogP contribution in [-0.4, -0.2) is 46.9 Å². The van der Waals surface area contributed by atoms with E-state index in [4.69, 9.17) is 9.47 Å².